The van der Waals surface area contributed by atoms with Gasteiger partial charge in [-0.1, -0.05) is 54.6 Å². The third kappa shape index (κ3) is 4.16. The SMILES string of the molecule is O=C(NN1C(=O)c2ccccc2NC1c1ccco1)c1ccccc1OCc1ccccc1. The van der Waals surface area contributed by atoms with Crippen LogP contribution in [0.2, 0.25) is 0 Å². The standard InChI is InChI=1S/C26H21N3O4/c30-25(20-12-5-7-14-22(20)33-17-18-9-2-1-3-10-18)28-29-24(23-15-8-16-32-23)27-21-13-6-4-11-19(21)26(29)31/h1-16,24,27H,17H2,(H,28,30). The molecular formula is C26H21N3O4. The highest BCUT2D eigenvalue weighted by molar-refractivity contribution is 6.04. The van der Waals surface area contributed by atoms with Gasteiger partial charge in [-0.2, -0.15) is 0 Å². The quantitative estimate of drug-likeness (QED) is 0.452. The highest BCUT2D eigenvalue weighted by Gasteiger charge is 2.36. The van der Waals surface area contributed by atoms with Gasteiger partial charge in [-0.05, 0) is 42.0 Å². The maximum absolute atomic E-state index is 13.3. The van der Waals surface area contributed by atoms with Gasteiger partial charge in [0, 0.05) is 5.69 Å². The number of fused-ring (bicyclic) bond motifs is 1. The second-order valence-electron chi connectivity index (χ2n) is 7.49. The molecule has 0 saturated carbocycles. The molecule has 164 valence electrons. The molecule has 0 spiro atoms. The first-order valence-electron chi connectivity index (χ1n) is 10.5. The number of carbonyl (C=O) groups excluding carboxylic acids is 2. The van der Waals surface area contributed by atoms with Crippen LogP contribution in [0.3, 0.4) is 0 Å². The van der Waals surface area contributed by atoms with Gasteiger partial charge in [0.25, 0.3) is 11.8 Å². The van der Waals surface area contributed by atoms with Crippen molar-refractivity contribution in [3.05, 3.63) is 120 Å². The van der Waals surface area contributed by atoms with E-state index < -0.39 is 12.1 Å². The van der Waals surface area contributed by atoms with Gasteiger partial charge in [0.05, 0.1) is 17.4 Å². The Kier molecular flexibility index (Phi) is 5.51. The number of rotatable bonds is 6. The van der Waals surface area contributed by atoms with E-state index in [4.69, 9.17) is 9.15 Å². The lowest BCUT2D eigenvalue weighted by atomic mass is 10.1. The summed E-state index contributed by atoms with van der Waals surface area (Å²) in [6.07, 6.45) is 0.818. The van der Waals surface area contributed by atoms with E-state index in [0.29, 0.717) is 34.9 Å². The molecule has 0 fully saturated rings. The molecule has 2 N–H and O–H groups in total. The lowest BCUT2D eigenvalue weighted by Crippen LogP contribution is -2.52. The number of benzene rings is 3. The Hall–Kier alpha value is -4.52. The fourth-order valence-electron chi connectivity index (χ4n) is 3.70. The highest BCUT2D eigenvalue weighted by atomic mass is 16.5. The van der Waals surface area contributed by atoms with Crippen LogP contribution < -0.4 is 15.5 Å². The molecule has 1 atom stereocenters. The Balaban J connectivity index is 1.41. The van der Waals surface area contributed by atoms with E-state index in [9.17, 15) is 9.59 Å². The number of furan rings is 1. The molecule has 0 bridgehead atoms. The summed E-state index contributed by atoms with van der Waals surface area (Å²) < 4.78 is 11.5. The van der Waals surface area contributed by atoms with Crippen molar-refractivity contribution in [2.75, 3.05) is 5.32 Å². The predicted molar refractivity (Wildman–Crippen MR) is 122 cm³/mol. The Morgan fingerprint density at radius 1 is 0.939 bits per heavy atom. The summed E-state index contributed by atoms with van der Waals surface area (Å²) in [5, 5.41) is 4.51. The van der Waals surface area contributed by atoms with Crippen LogP contribution in [0.4, 0.5) is 5.69 Å². The van der Waals surface area contributed by atoms with E-state index in [1.54, 1.807) is 48.5 Å². The van der Waals surface area contributed by atoms with Crippen molar-refractivity contribution in [1.29, 1.82) is 0 Å². The van der Waals surface area contributed by atoms with Gasteiger partial charge in [0.2, 0.25) is 0 Å². The second kappa shape index (κ2) is 8.92. The monoisotopic (exact) mass is 439 g/mol. The first-order valence-corrected chi connectivity index (χ1v) is 10.5. The van der Waals surface area contributed by atoms with Gasteiger partial charge >= 0.3 is 0 Å². The van der Waals surface area contributed by atoms with Gasteiger partial charge in [-0.3, -0.25) is 15.0 Å². The summed E-state index contributed by atoms with van der Waals surface area (Å²) in [5.41, 5.74) is 5.17. The van der Waals surface area contributed by atoms with Crippen molar-refractivity contribution in [1.82, 2.24) is 10.4 Å². The van der Waals surface area contributed by atoms with Crippen LogP contribution in [0.1, 0.15) is 38.2 Å². The third-order valence-electron chi connectivity index (χ3n) is 5.33. The fraction of sp³-hybridized carbons (Fsp3) is 0.0769. The van der Waals surface area contributed by atoms with Crippen molar-refractivity contribution in [2.45, 2.75) is 12.8 Å². The number of para-hydroxylation sites is 2. The number of hydrogen-bond donors (Lipinski definition) is 2. The molecule has 4 aromatic rings. The molecular weight excluding hydrogens is 418 g/mol. The lowest BCUT2D eigenvalue weighted by molar-refractivity contribution is 0.0465. The van der Waals surface area contributed by atoms with Gasteiger partial charge in [-0.15, -0.1) is 0 Å². The zero-order chi connectivity index (χ0) is 22.6. The van der Waals surface area contributed by atoms with Crippen LogP contribution in [0.25, 0.3) is 0 Å². The summed E-state index contributed by atoms with van der Waals surface area (Å²) in [5.74, 6) is 0.101. The summed E-state index contributed by atoms with van der Waals surface area (Å²) in [6, 6.07) is 27.2. The summed E-state index contributed by atoms with van der Waals surface area (Å²) in [7, 11) is 0. The second-order valence-corrected chi connectivity index (χ2v) is 7.49. The minimum Gasteiger partial charge on any atom is -0.488 e. The van der Waals surface area contributed by atoms with Crippen LogP contribution in [0.15, 0.2) is 102 Å². The number of nitrogens with zero attached hydrogens (tertiary/aromatic N) is 1. The number of hydrazine groups is 1. The molecule has 7 heteroatoms. The Labute approximate surface area is 190 Å². The Bertz CT molecular complexity index is 1270. The molecule has 1 aromatic heterocycles. The average molecular weight is 439 g/mol. The molecule has 1 unspecified atom stereocenters. The summed E-state index contributed by atoms with van der Waals surface area (Å²) >= 11 is 0. The molecule has 0 aliphatic carbocycles. The van der Waals surface area contributed by atoms with E-state index in [-0.39, 0.29) is 5.91 Å². The molecule has 33 heavy (non-hydrogen) atoms. The number of nitrogens with one attached hydrogen (secondary N) is 2. The van der Waals surface area contributed by atoms with Gasteiger partial charge in [0.1, 0.15) is 18.1 Å². The molecule has 0 radical (unpaired) electrons. The average Bonchev–Trinajstić information content (AvgIpc) is 3.40. The van der Waals surface area contributed by atoms with E-state index in [1.165, 1.54) is 11.3 Å². The molecule has 3 aromatic carbocycles. The summed E-state index contributed by atoms with van der Waals surface area (Å²) in [4.78, 5) is 26.6. The maximum Gasteiger partial charge on any atom is 0.276 e. The number of anilines is 1. The smallest absolute Gasteiger partial charge is 0.276 e. The number of carbonyl (C=O) groups is 2. The Morgan fingerprint density at radius 3 is 2.52 bits per heavy atom. The van der Waals surface area contributed by atoms with Crippen LogP contribution >= 0.6 is 0 Å². The molecule has 5 rings (SSSR count). The molecule has 2 amide bonds. The van der Waals surface area contributed by atoms with Gasteiger partial charge < -0.3 is 14.5 Å². The van der Waals surface area contributed by atoms with Crippen molar-refractivity contribution < 1.29 is 18.7 Å². The normalized spacial score (nSPS) is 14.8. The first-order chi connectivity index (χ1) is 16.2. The van der Waals surface area contributed by atoms with Crippen LogP contribution in [-0.2, 0) is 6.61 Å². The lowest BCUT2D eigenvalue weighted by Gasteiger charge is -2.36. The summed E-state index contributed by atoms with van der Waals surface area (Å²) in [6.45, 7) is 0.317. The van der Waals surface area contributed by atoms with Crippen LogP contribution in [-0.4, -0.2) is 16.8 Å². The molecule has 1 aliphatic heterocycles. The van der Waals surface area contributed by atoms with Crippen molar-refractivity contribution in [3.63, 3.8) is 0 Å². The predicted octanol–water partition coefficient (Wildman–Crippen LogP) is 4.77. The fourth-order valence-corrected chi connectivity index (χ4v) is 3.70. The molecule has 7 nitrogen and oxygen atoms in total. The van der Waals surface area contributed by atoms with Gasteiger partial charge in [-0.25, -0.2) is 5.01 Å². The largest absolute Gasteiger partial charge is 0.488 e. The minimum atomic E-state index is -0.705. The van der Waals surface area contributed by atoms with Crippen LogP contribution in [0, 0.1) is 0 Å². The number of hydrogen-bond acceptors (Lipinski definition) is 5. The zero-order valence-corrected chi connectivity index (χ0v) is 17.6. The van der Waals surface area contributed by atoms with E-state index in [1.807, 2.05) is 42.5 Å². The third-order valence-corrected chi connectivity index (χ3v) is 5.33. The van der Waals surface area contributed by atoms with E-state index in [0.717, 1.165) is 5.56 Å². The first kappa shape index (κ1) is 20.4. The molecule has 2 heterocycles. The minimum absolute atomic E-state index is 0.317. The van der Waals surface area contributed by atoms with Crippen molar-refractivity contribution in [2.24, 2.45) is 0 Å². The van der Waals surface area contributed by atoms with Crippen molar-refractivity contribution >= 4 is 17.5 Å². The van der Waals surface area contributed by atoms with E-state index >= 15 is 0 Å². The maximum atomic E-state index is 13.3. The Morgan fingerprint density at radius 2 is 1.70 bits per heavy atom. The number of ether oxygens (including phenoxy) is 1. The van der Waals surface area contributed by atoms with Gasteiger partial charge in [0.15, 0.2) is 6.17 Å². The van der Waals surface area contributed by atoms with Crippen LogP contribution in [0.5, 0.6) is 5.75 Å². The van der Waals surface area contributed by atoms with E-state index in [2.05, 4.69) is 10.7 Å². The van der Waals surface area contributed by atoms with Crippen molar-refractivity contribution in [3.8, 4) is 5.75 Å². The molecule has 1 aliphatic rings. The highest BCUT2D eigenvalue weighted by Crippen LogP contribution is 2.32. The number of amides is 2. The molecule has 0 saturated heterocycles. The zero-order valence-electron chi connectivity index (χ0n) is 17.6. The topological polar surface area (TPSA) is 83.8 Å².